The summed E-state index contributed by atoms with van der Waals surface area (Å²) in [5, 5.41) is 0. The molecule has 0 aliphatic rings. The van der Waals surface area contributed by atoms with Gasteiger partial charge in [-0.1, -0.05) is 0 Å². The molecule has 0 spiro atoms. The van der Waals surface area contributed by atoms with Crippen LogP contribution in [0.5, 0.6) is 5.75 Å². The van der Waals surface area contributed by atoms with Gasteiger partial charge in [0.2, 0.25) is 0 Å². The monoisotopic (exact) mass is 489 g/mol. The summed E-state index contributed by atoms with van der Waals surface area (Å²) in [4.78, 5) is 2.09. The minimum absolute atomic E-state index is 0.809. The molecule has 174 valence electrons. The van der Waals surface area contributed by atoms with Crippen molar-refractivity contribution in [3.05, 3.63) is 127 Å². The SMILES string of the molecule is COc1ccccc1N(C=Cc1ccc(-c2ccccc2)cc1)[C](=[Ni])CCCc1ccccc1. The number of hydrogen-bond acceptors (Lipinski definition) is 2. The predicted octanol–water partition coefficient (Wildman–Crippen LogP) is 7.54. The molecule has 0 aromatic heterocycles. The van der Waals surface area contributed by atoms with Crippen molar-refractivity contribution in [2.24, 2.45) is 0 Å². The third-order valence-corrected chi connectivity index (χ3v) is 6.19. The van der Waals surface area contributed by atoms with Crippen molar-refractivity contribution in [1.82, 2.24) is 0 Å². The summed E-state index contributed by atoms with van der Waals surface area (Å²) in [6.07, 6.45) is 7.03. The van der Waals surface area contributed by atoms with Gasteiger partial charge in [-0.05, 0) is 0 Å². The molecule has 4 rings (SSSR count). The van der Waals surface area contributed by atoms with Gasteiger partial charge in [-0.3, -0.25) is 0 Å². The third kappa shape index (κ3) is 6.34. The van der Waals surface area contributed by atoms with Crippen LogP contribution in [-0.4, -0.2) is 11.7 Å². The van der Waals surface area contributed by atoms with Gasteiger partial charge in [0.1, 0.15) is 0 Å². The summed E-state index contributed by atoms with van der Waals surface area (Å²) in [6.45, 7) is 0. The molecule has 4 aromatic carbocycles. The standard InChI is InChI=1S/C31H29NO.Ni/c1-33-31-18-9-8-17-30(31)32(24-11-10-14-26-12-4-2-5-13-26)25-23-27-19-21-29(22-20-27)28-15-6-3-7-16-28;/h2-9,12-13,15-23,25H,10-11,14H2,1H3;. The van der Waals surface area contributed by atoms with E-state index in [0.717, 1.165) is 40.9 Å². The molecule has 4 aromatic rings. The van der Waals surface area contributed by atoms with E-state index in [2.05, 4.69) is 102 Å². The topological polar surface area (TPSA) is 12.5 Å². The van der Waals surface area contributed by atoms with Crippen LogP contribution in [0.4, 0.5) is 5.69 Å². The Labute approximate surface area is 210 Å². The van der Waals surface area contributed by atoms with Gasteiger partial charge >= 0.3 is 211 Å². The van der Waals surface area contributed by atoms with Crippen molar-refractivity contribution in [3.63, 3.8) is 0 Å². The Kier molecular flexibility index (Phi) is 8.49. The van der Waals surface area contributed by atoms with E-state index in [1.807, 2.05) is 24.3 Å². The van der Waals surface area contributed by atoms with Crippen molar-refractivity contribution < 1.29 is 19.8 Å². The zero-order valence-corrected chi connectivity index (χ0v) is 20.3. The minimum atomic E-state index is 0.809. The van der Waals surface area contributed by atoms with Crippen LogP contribution in [-0.2, 0) is 21.5 Å². The summed E-state index contributed by atoms with van der Waals surface area (Å²) in [7, 11) is 1.70. The fourth-order valence-corrected chi connectivity index (χ4v) is 4.25. The molecule has 0 aliphatic carbocycles. The number of benzene rings is 4. The Balaban J connectivity index is 1.52. The molecule has 2 nitrogen and oxygen atoms in total. The molecule has 0 aliphatic heterocycles. The Hall–Kier alpha value is -3.42. The zero-order chi connectivity index (χ0) is 23.6. The Morgan fingerprint density at radius 1 is 0.765 bits per heavy atom. The van der Waals surface area contributed by atoms with Gasteiger partial charge in [0, 0.05) is 0 Å². The van der Waals surface area contributed by atoms with Gasteiger partial charge < -0.3 is 0 Å². The van der Waals surface area contributed by atoms with Crippen LogP contribution in [0, 0.1) is 0 Å². The van der Waals surface area contributed by atoms with Crippen molar-refractivity contribution >= 4 is 16.4 Å². The maximum absolute atomic E-state index is 5.64. The van der Waals surface area contributed by atoms with Crippen molar-refractivity contribution in [2.75, 3.05) is 12.0 Å². The second-order valence-corrected chi connectivity index (χ2v) is 8.60. The summed E-state index contributed by atoms with van der Waals surface area (Å²) < 4.78 is 6.55. The molecule has 0 heterocycles. The number of aryl methyl sites for hydroxylation is 1. The van der Waals surface area contributed by atoms with Crippen molar-refractivity contribution in [3.8, 4) is 16.9 Å². The van der Waals surface area contributed by atoms with E-state index in [-0.39, 0.29) is 0 Å². The number of hydrogen-bond donors (Lipinski definition) is 0. The van der Waals surface area contributed by atoms with Crippen LogP contribution in [0.1, 0.15) is 24.0 Å². The number of methoxy groups -OCH3 is 1. The van der Waals surface area contributed by atoms with Gasteiger partial charge in [-0.25, -0.2) is 0 Å². The fourth-order valence-electron chi connectivity index (χ4n) is 3.88. The van der Waals surface area contributed by atoms with E-state index in [1.165, 1.54) is 16.7 Å². The first-order valence-electron chi connectivity index (χ1n) is 11.5. The molecule has 0 saturated carbocycles. The summed E-state index contributed by atoms with van der Waals surface area (Å²) in [6, 6.07) is 37.6. The van der Waals surface area contributed by atoms with E-state index in [4.69, 9.17) is 19.8 Å². The second-order valence-electron chi connectivity index (χ2n) is 8.03. The van der Waals surface area contributed by atoms with Crippen molar-refractivity contribution in [2.45, 2.75) is 19.3 Å². The van der Waals surface area contributed by atoms with Crippen LogP contribution in [0.3, 0.4) is 0 Å². The molecule has 0 bridgehead atoms. The zero-order valence-electron chi connectivity index (χ0n) is 19.3. The molecular weight excluding hydrogens is 461 g/mol. The number of para-hydroxylation sites is 2. The average molecular weight is 490 g/mol. The molecule has 3 heteroatoms. The Morgan fingerprint density at radius 2 is 1.38 bits per heavy atom. The second kappa shape index (κ2) is 12.2. The van der Waals surface area contributed by atoms with Crippen LogP contribution in [0.25, 0.3) is 17.2 Å². The van der Waals surface area contributed by atoms with E-state index in [1.54, 1.807) is 7.11 Å². The van der Waals surface area contributed by atoms with E-state index >= 15 is 0 Å². The molecule has 0 N–H and O–H groups in total. The summed E-state index contributed by atoms with van der Waals surface area (Å²) >= 11 is 5.53. The average Bonchev–Trinajstić information content (AvgIpc) is 2.90. The fraction of sp³-hybridized carbons (Fsp3) is 0.129. The molecule has 0 fully saturated rings. The quantitative estimate of drug-likeness (QED) is 0.213. The summed E-state index contributed by atoms with van der Waals surface area (Å²) in [5.41, 5.74) is 5.85. The number of ether oxygens (including phenoxy) is 1. The normalized spacial score (nSPS) is 10.9. The van der Waals surface area contributed by atoms with Gasteiger partial charge in [-0.15, -0.1) is 0 Å². The molecule has 0 saturated heterocycles. The summed E-state index contributed by atoms with van der Waals surface area (Å²) in [5.74, 6) is 0.809. The first-order chi connectivity index (χ1) is 16.7. The van der Waals surface area contributed by atoms with E-state index < -0.39 is 0 Å². The molecule has 34 heavy (non-hydrogen) atoms. The number of anilines is 1. The first kappa shape index (κ1) is 23.7. The molecular formula is C31H29NNiO. The third-order valence-electron chi connectivity index (χ3n) is 5.70. The maximum atomic E-state index is 5.64. The molecule has 0 amide bonds. The van der Waals surface area contributed by atoms with Crippen LogP contribution in [0.15, 0.2) is 115 Å². The van der Waals surface area contributed by atoms with Crippen LogP contribution in [0.2, 0.25) is 0 Å². The van der Waals surface area contributed by atoms with Crippen LogP contribution >= 0.6 is 0 Å². The molecule has 0 atom stereocenters. The van der Waals surface area contributed by atoms with Crippen molar-refractivity contribution in [1.29, 1.82) is 0 Å². The first-order valence-corrected chi connectivity index (χ1v) is 12.0. The molecule has 0 radical (unpaired) electrons. The number of rotatable bonds is 10. The predicted molar refractivity (Wildman–Crippen MR) is 141 cm³/mol. The van der Waals surface area contributed by atoms with Gasteiger partial charge in [0.05, 0.1) is 0 Å². The Bertz CT molecular complexity index is 1220. The van der Waals surface area contributed by atoms with E-state index in [9.17, 15) is 0 Å². The van der Waals surface area contributed by atoms with E-state index in [0.29, 0.717) is 0 Å². The van der Waals surface area contributed by atoms with Gasteiger partial charge in [0.15, 0.2) is 0 Å². The number of nitrogens with zero attached hydrogens (tertiary/aromatic N) is 1. The van der Waals surface area contributed by atoms with Crippen LogP contribution < -0.4 is 9.64 Å². The molecule has 0 unspecified atom stereocenters. The van der Waals surface area contributed by atoms with Gasteiger partial charge in [-0.2, -0.15) is 0 Å². The Morgan fingerprint density at radius 3 is 2.09 bits per heavy atom. The van der Waals surface area contributed by atoms with Gasteiger partial charge in [0.25, 0.3) is 0 Å².